The van der Waals surface area contributed by atoms with Crippen LogP contribution >= 0.6 is 11.8 Å². The van der Waals surface area contributed by atoms with Gasteiger partial charge >= 0.3 is 0 Å². The zero-order valence-corrected chi connectivity index (χ0v) is 9.41. The van der Waals surface area contributed by atoms with Gasteiger partial charge in [0.25, 0.3) is 0 Å². The number of rotatable bonds is 4. The maximum Gasteiger partial charge on any atom is 0.00679 e. The Bertz CT molecular complexity index is 148. The Hall–Kier alpha value is 0.310. The summed E-state index contributed by atoms with van der Waals surface area (Å²) in [4.78, 5) is 0. The third-order valence-electron chi connectivity index (χ3n) is 3.40. The first-order chi connectivity index (χ1) is 6.38. The number of nitrogens with one attached hydrogen (secondary N) is 1. The molecule has 2 aliphatic carbocycles. The molecule has 2 rings (SSSR count). The van der Waals surface area contributed by atoms with Crippen LogP contribution in [-0.4, -0.2) is 24.1 Å². The van der Waals surface area contributed by atoms with Crippen molar-refractivity contribution in [3.63, 3.8) is 0 Å². The molecular formula is C11H21NS. The number of hydrogen-bond acceptors (Lipinski definition) is 2. The summed E-state index contributed by atoms with van der Waals surface area (Å²) >= 11 is 2.06. The molecule has 2 heteroatoms. The molecule has 0 heterocycles. The van der Waals surface area contributed by atoms with Crippen molar-refractivity contribution >= 4 is 11.8 Å². The Labute approximate surface area is 86.0 Å². The highest BCUT2D eigenvalue weighted by atomic mass is 32.2. The van der Waals surface area contributed by atoms with E-state index in [1.54, 1.807) is 0 Å². The Morgan fingerprint density at radius 3 is 2.31 bits per heavy atom. The quantitative estimate of drug-likeness (QED) is 0.747. The van der Waals surface area contributed by atoms with Crippen LogP contribution in [0.1, 0.15) is 38.5 Å². The third kappa shape index (κ3) is 3.17. The Balaban J connectivity index is 1.59. The average molecular weight is 199 g/mol. The molecule has 0 amide bonds. The van der Waals surface area contributed by atoms with E-state index in [9.17, 15) is 0 Å². The Morgan fingerprint density at radius 2 is 1.77 bits per heavy atom. The lowest BCUT2D eigenvalue weighted by Crippen LogP contribution is -2.35. The van der Waals surface area contributed by atoms with Crippen molar-refractivity contribution in [3.8, 4) is 0 Å². The fourth-order valence-corrected chi connectivity index (χ4v) is 2.90. The molecule has 0 bridgehead atoms. The van der Waals surface area contributed by atoms with Crippen molar-refractivity contribution in [1.29, 1.82) is 0 Å². The minimum Gasteiger partial charge on any atom is -0.314 e. The fourth-order valence-electron chi connectivity index (χ4n) is 2.16. The van der Waals surface area contributed by atoms with Crippen molar-refractivity contribution in [2.45, 2.75) is 49.8 Å². The second kappa shape index (κ2) is 4.70. The molecule has 2 saturated carbocycles. The van der Waals surface area contributed by atoms with Crippen LogP contribution in [0, 0.1) is 5.92 Å². The lowest BCUT2D eigenvalue weighted by molar-refractivity contribution is 0.375. The van der Waals surface area contributed by atoms with Gasteiger partial charge in [-0.15, -0.1) is 0 Å². The molecule has 1 nitrogen and oxygen atoms in total. The smallest absolute Gasteiger partial charge is 0.00679 e. The van der Waals surface area contributed by atoms with Crippen LogP contribution < -0.4 is 5.32 Å². The summed E-state index contributed by atoms with van der Waals surface area (Å²) in [6.45, 7) is 1.30. The minimum atomic E-state index is 0.851. The van der Waals surface area contributed by atoms with Gasteiger partial charge < -0.3 is 5.32 Å². The molecule has 0 aliphatic heterocycles. The van der Waals surface area contributed by atoms with Crippen LogP contribution in [0.2, 0.25) is 0 Å². The highest BCUT2D eigenvalue weighted by molar-refractivity contribution is 7.99. The van der Waals surface area contributed by atoms with E-state index in [-0.39, 0.29) is 0 Å². The zero-order chi connectivity index (χ0) is 9.10. The van der Waals surface area contributed by atoms with E-state index >= 15 is 0 Å². The van der Waals surface area contributed by atoms with E-state index in [1.165, 1.54) is 45.1 Å². The Morgan fingerprint density at radius 1 is 1.08 bits per heavy atom. The van der Waals surface area contributed by atoms with E-state index in [0.29, 0.717) is 0 Å². The summed E-state index contributed by atoms with van der Waals surface area (Å²) in [6, 6.07) is 0.851. The second-order valence-electron chi connectivity index (χ2n) is 4.56. The van der Waals surface area contributed by atoms with Crippen LogP contribution in [0.5, 0.6) is 0 Å². The van der Waals surface area contributed by atoms with Crippen molar-refractivity contribution in [3.05, 3.63) is 0 Å². The van der Waals surface area contributed by atoms with E-state index < -0.39 is 0 Å². The van der Waals surface area contributed by atoms with Crippen molar-refractivity contribution < 1.29 is 0 Å². The van der Waals surface area contributed by atoms with Gasteiger partial charge in [0, 0.05) is 11.3 Å². The summed E-state index contributed by atoms with van der Waals surface area (Å²) < 4.78 is 0. The lowest BCUT2D eigenvalue weighted by atomic mass is 9.95. The normalized spacial score (nSPS) is 34.8. The number of thioether (sulfide) groups is 1. The summed E-state index contributed by atoms with van der Waals surface area (Å²) in [6.07, 6.45) is 10.9. The largest absolute Gasteiger partial charge is 0.314 e. The maximum absolute atomic E-state index is 3.72. The molecule has 2 aliphatic rings. The first kappa shape index (κ1) is 9.85. The van der Waals surface area contributed by atoms with Gasteiger partial charge in [0.05, 0.1) is 0 Å². The molecule has 2 fully saturated rings. The Kier molecular flexibility index (Phi) is 3.56. The highest BCUT2D eigenvalue weighted by Crippen LogP contribution is 2.30. The standard InChI is InChI=1S/C11H21NS/c1-13-11-6-4-10(5-7-11)12-8-9-2-3-9/h9-12H,2-8H2,1H3. The fraction of sp³-hybridized carbons (Fsp3) is 1.00. The summed E-state index contributed by atoms with van der Waals surface area (Å²) in [5, 5.41) is 4.68. The van der Waals surface area contributed by atoms with E-state index in [4.69, 9.17) is 0 Å². The van der Waals surface area contributed by atoms with Crippen molar-refractivity contribution in [1.82, 2.24) is 5.32 Å². The van der Waals surface area contributed by atoms with E-state index in [0.717, 1.165) is 17.2 Å². The summed E-state index contributed by atoms with van der Waals surface area (Å²) in [5.41, 5.74) is 0. The lowest BCUT2D eigenvalue weighted by Gasteiger charge is -2.28. The van der Waals surface area contributed by atoms with Crippen LogP contribution in [0.15, 0.2) is 0 Å². The van der Waals surface area contributed by atoms with Gasteiger partial charge in [-0.25, -0.2) is 0 Å². The molecule has 0 unspecified atom stereocenters. The maximum atomic E-state index is 3.72. The molecule has 13 heavy (non-hydrogen) atoms. The molecular weight excluding hydrogens is 178 g/mol. The molecule has 0 radical (unpaired) electrons. The summed E-state index contributed by atoms with van der Waals surface area (Å²) in [7, 11) is 0. The number of hydrogen-bond donors (Lipinski definition) is 1. The zero-order valence-electron chi connectivity index (χ0n) is 8.59. The van der Waals surface area contributed by atoms with Gasteiger partial charge in [-0.1, -0.05) is 0 Å². The summed E-state index contributed by atoms with van der Waals surface area (Å²) in [5.74, 6) is 1.04. The second-order valence-corrected chi connectivity index (χ2v) is 5.70. The van der Waals surface area contributed by atoms with Gasteiger partial charge in [0.2, 0.25) is 0 Å². The molecule has 0 spiro atoms. The molecule has 0 aromatic carbocycles. The van der Waals surface area contributed by atoms with Crippen LogP contribution in [-0.2, 0) is 0 Å². The molecule has 0 aromatic heterocycles. The van der Waals surface area contributed by atoms with Crippen molar-refractivity contribution in [2.24, 2.45) is 5.92 Å². The topological polar surface area (TPSA) is 12.0 Å². The van der Waals surface area contributed by atoms with Gasteiger partial charge in [0.15, 0.2) is 0 Å². The molecule has 1 N–H and O–H groups in total. The first-order valence-electron chi connectivity index (χ1n) is 5.64. The van der Waals surface area contributed by atoms with Gasteiger partial charge in [-0.2, -0.15) is 11.8 Å². The van der Waals surface area contributed by atoms with E-state index in [2.05, 4.69) is 23.3 Å². The predicted molar refractivity (Wildman–Crippen MR) is 60.3 cm³/mol. The SMILES string of the molecule is CSC1CCC(NCC2CC2)CC1. The minimum absolute atomic E-state index is 0.851. The average Bonchev–Trinajstić information content (AvgIpc) is 2.99. The monoisotopic (exact) mass is 199 g/mol. The predicted octanol–water partition coefficient (Wildman–Crippen LogP) is 2.66. The van der Waals surface area contributed by atoms with Crippen LogP contribution in [0.3, 0.4) is 0 Å². The molecule has 76 valence electrons. The van der Waals surface area contributed by atoms with E-state index in [1.807, 2.05) is 0 Å². The molecule has 0 saturated heterocycles. The van der Waals surface area contributed by atoms with Gasteiger partial charge in [0.1, 0.15) is 0 Å². The van der Waals surface area contributed by atoms with Gasteiger partial charge in [-0.05, 0) is 57.2 Å². The molecule has 0 atom stereocenters. The van der Waals surface area contributed by atoms with Crippen molar-refractivity contribution in [2.75, 3.05) is 12.8 Å². The highest BCUT2D eigenvalue weighted by Gasteiger charge is 2.24. The van der Waals surface area contributed by atoms with Crippen LogP contribution in [0.25, 0.3) is 0 Å². The molecule has 0 aromatic rings. The van der Waals surface area contributed by atoms with Gasteiger partial charge in [-0.3, -0.25) is 0 Å². The third-order valence-corrected chi connectivity index (χ3v) is 4.54. The van der Waals surface area contributed by atoms with Crippen LogP contribution in [0.4, 0.5) is 0 Å². The first-order valence-corrected chi connectivity index (χ1v) is 6.93.